The van der Waals surface area contributed by atoms with Crippen LogP contribution in [0.5, 0.6) is 5.75 Å². The van der Waals surface area contributed by atoms with Gasteiger partial charge in [0.2, 0.25) is 5.65 Å². The minimum absolute atomic E-state index is 0.0835. The molecule has 0 amide bonds. The summed E-state index contributed by atoms with van der Waals surface area (Å²) in [6.07, 6.45) is 1.38. The fourth-order valence-electron chi connectivity index (χ4n) is 1.85. The third-order valence-electron chi connectivity index (χ3n) is 2.87. The summed E-state index contributed by atoms with van der Waals surface area (Å²) >= 11 is 0. The van der Waals surface area contributed by atoms with Crippen LogP contribution in [0.3, 0.4) is 0 Å². The molecule has 0 saturated carbocycles. The number of nitrogens with zero attached hydrogens (tertiary/aromatic N) is 4. The zero-order chi connectivity index (χ0) is 15.0. The van der Waals surface area contributed by atoms with Gasteiger partial charge in [0.15, 0.2) is 5.75 Å². The molecule has 2 aromatic heterocycles. The summed E-state index contributed by atoms with van der Waals surface area (Å²) in [7, 11) is -3.93. The van der Waals surface area contributed by atoms with Crippen molar-refractivity contribution in [2.75, 3.05) is 0 Å². The van der Waals surface area contributed by atoms with Crippen molar-refractivity contribution in [2.24, 2.45) is 0 Å². The van der Waals surface area contributed by atoms with Crippen LogP contribution in [-0.2, 0) is 10.1 Å². The quantitative estimate of drug-likeness (QED) is 0.682. The number of hydrogen-bond acceptors (Lipinski definition) is 6. The first kappa shape index (κ1) is 13.5. The maximum absolute atomic E-state index is 12.3. The van der Waals surface area contributed by atoms with Crippen molar-refractivity contribution >= 4 is 15.8 Å². The molecule has 0 bridgehead atoms. The van der Waals surface area contributed by atoms with Gasteiger partial charge in [-0.05, 0) is 26.0 Å². The van der Waals surface area contributed by atoms with E-state index in [0.29, 0.717) is 5.69 Å². The zero-order valence-corrected chi connectivity index (χ0v) is 12.2. The highest BCUT2D eigenvalue weighted by Crippen LogP contribution is 2.22. The lowest BCUT2D eigenvalue weighted by Crippen LogP contribution is -2.11. The molecule has 8 heteroatoms. The average Bonchev–Trinajstić information content (AvgIpc) is 2.87. The lowest BCUT2D eigenvalue weighted by molar-refractivity contribution is 0.485. The summed E-state index contributed by atoms with van der Waals surface area (Å²) in [4.78, 5) is 0.0835. The second-order valence-electron chi connectivity index (χ2n) is 4.60. The molecule has 0 spiro atoms. The first-order valence-corrected chi connectivity index (χ1v) is 7.55. The number of aryl methyl sites for hydroxylation is 2. The van der Waals surface area contributed by atoms with E-state index in [1.54, 1.807) is 19.1 Å². The normalized spacial score (nSPS) is 11.7. The van der Waals surface area contributed by atoms with E-state index in [1.165, 1.54) is 29.0 Å². The highest BCUT2D eigenvalue weighted by Gasteiger charge is 2.19. The Balaban J connectivity index is 2.05. The summed E-state index contributed by atoms with van der Waals surface area (Å²) in [5.41, 5.74) is 1.81. The Bertz CT molecular complexity index is 901. The molecular formula is C13H12N4O3S. The van der Waals surface area contributed by atoms with E-state index in [0.717, 1.165) is 5.56 Å². The lowest BCUT2D eigenvalue weighted by atomic mass is 10.2. The van der Waals surface area contributed by atoms with Crippen LogP contribution >= 0.6 is 0 Å². The van der Waals surface area contributed by atoms with E-state index in [9.17, 15) is 8.42 Å². The van der Waals surface area contributed by atoms with Crippen LogP contribution in [0, 0.1) is 13.8 Å². The topological polar surface area (TPSA) is 86.5 Å². The summed E-state index contributed by atoms with van der Waals surface area (Å²) in [6.45, 7) is 3.61. The highest BCUT2D eigenvalue weighted by molar-refractivity contribution is 7.87. The Morgan fingerprint density at radius 1 is 1.14 bits per heavy atom. The van der Waals surface area contributed by atoms with Gasteiger partial charge < -0.3 is 4.18 Å². The van der Waals surface area contributed by atoms with E-state index in [1.807, 2.05) is 6.92 Å². The van der Waals surface area contributed by atoms with Crippen LogP contribution in [0.1, 0.15) is 11.3 Å². The maximum atomic E-state index is 12.3. The van der Waals surface area contributed by atoms with Gasteiger partial charge in [-0.1, -0.05) is 17.7 Å². The maximum Gasteiger partial charge on any atom is 0.339 e. The van der Waals surface area contributed by atoms with Gasteiger partial charge in [0, 0.05) is 6.07 Å². The van der Waals surface area contributed by atoms with Gasteiger partial charge in [0.05, 0.1) is 5.69 Å². The molecule has 1 aromatic carbocycles. The molecule has 0 aliphatic rings. The Kier molecular flexibility index (Phi) is 3.09. The third-order valence-corrected chi connectivity index (χ3v) is 4.11. The molecule has 0 saturated heterocycles. The second-order valence-corrected chi connectivity index (χ2v) is 6.15. The first-order valence-electron chi connectivity index (χ1n) is 6.14. The van der Waals surface area contributed by atoms with Crippen molar-refractivity contribution in [3.05, 3.63) is 47.9 Å². The molecule has 108 valence electrons. The molecular weight excluding hydrogens is 292 g/mol. The standard InChI is InChI=1S/C13H12N4O3S/c1-9-3-5-11(6-4-9)21(18,19)20-12-7-10(2)16-17-8-14-15-13(12)17/h3-8H,1-2H3. The van der Waals surface area contributed by atoms with E-state index in [4.69, 9.17) is 4.18 Å². The smallest absolute Gasteiger partial charge is 0.339 e. The monoisotopic (exact) mass is 304 g/mol. The van der Waals surface area contributed by atoms with Crippen LogP contribution in [0.15, 0.2) is 41.6 Å². The highest BCUT2D eigenvalue weighted by atomic mass is 32.2. The van der Waals surface area contributed by atoms with Crippen molar-refractivity contribution in [3.8, 4) is 5.75 Å². The molecule has 21 heavy (non-hydrogen) atoms. The molecule has 0 unspecified atom stereocenters. The summed E-state index contributed by atoms with van der Waals surface area (Å²) in [6, 6.07) is 7.93. The van der Waals surface area contributed by atoms with Crippen molar-refractivity contribution < 1.29 is 12.6 Å². The van der Waals surface area contributed by atoms with Crippen molar-refractivity contribution in [1.29, 1.82) is 0 Å². The van der Waals surface area contributed by atoms with Crippen LogP contribution in [-0.4, -0.2) is 28.2 Å². The number of fused-ring (bicyclic) bond motifs is 1. The predicted octanol–water partition coefficient (Wildman–Crippen LogP) is 1.51. The molecule has 0 radical (unpaired) electrons. The van der Waals surface area contributed by atoms with Crippen LogP contribution in [0.4, 0.5) is 0 Å². The summed E-state index contributed by atoms with van der Waals surface area (Å²) < 4.78 is 31.1. The van der Waals surface area contributed by atoms with Crippen molar-refractivity contribution in [3.63, 3.8) is 0 Å². The van der Waals surface area contributed by atoms with Gasteiger partial charge in [-0.15, -0.1) is 10.2 Å². The Labute approximate surface area is 121 Å². The average molecular weight is 304 g/mol. The number of hydrogen-bond donors (Lipinski definition) is 0. The van der Waals surface area contributed by atoms with E-state index in [-0.39, 0.29) is 16.3 Å². The Hall–Kier alpha value is -2.48. The van der Waals surface area contributed by atoms with Gasteiger partial charge in [-0.3, -0.25) is 0 Å². The molecule has 0 aliphatic heterocycles. The molecule has 0 fully saturated rings. The van der Waals surface area contributed by atoms with Crippen molar-refractivity contribution in [1.82, 2.24) is 19.8 Å². The third kappa shape index (κ3) is 2.57. The fourth-order valence-corrected chi connectivity index (χ4v) is 2.78. The van der Waals surface area contributed by atoms with Crippen LogP contribution in [0.25, 0.3) is 5.65 Å². The molecule has 2 heterocycles. The van der Waals surface area contributed by atoms with Gasteiger partial charge in [-0.25, -0.2) is 0 Å². The molecule has 3 aromatic rings. The minimum Gasteiger partial charge on any atom is -0.375 e. The molecule has 0 N–H and O–H groups in total. The second kappa shape index (κ2) is 4.81. The predicted molar refractivity (Wildman–Crippen MR) is 74.5 cm³/mol. The molecule has 7 nitrogen and oxygen atoms in total. The van der Waals surface area contributed by atoms with E-state index in [2.05, 4.69) is 15.3 Å². The van der Waals surface area contributed by atoms with Gasteiger partial charge in [-0.2, -0.15) is 18.0 Å². The fraction of sp³-hybridized carbons (Fsp3) is 0.154. The molecule has 3 rings (SSSR count). The summed E-state index contributed by atoms with van der Waals surface area (Å²) in [5.74, 6) is 0.0978. The zero-order valence-electron chi connectivity index (χ0n) is 11.4. The SMILES string of the molecule is Cc1ccc(S(=O)(=O)Oc2cc(C)nn3cnnc23)cc1. The number of benzene rings is 1. The Morgan fingerprint density at radius 3 is 2.57 bits per heavy atom. The Morgan fingerprint density at radius 2 is 1.86 bits per heavy atom. The van der Waals surface area contributed by atoms with Crippen LogP contribution in [0.2, 0.25) is 0 Å². The van der Waals surface area contributed by atoms with E-state index >= 15 is 0 Å². The van der Waals surface area contributed by atoms with Crippen LogP contribution < -0.4 is 4.18 Å². The van der Waals surface area contributed by atoms with Gasteiger partial charge in [0.1, 0.15) is 11.2 Å². The number of rotatable bonds is 3. The lowest BCUT2D eigenvalue weighted by Gasteiger charge is -2.08. The van der Waals surface area contributed by atoms with E-state index < -0.39 is 10.1 Å². The van der Waals surface area contributed by atoms with Crippen molar-refractivity contribution in [2.45, 2.75) is 18.7 Å². The minimum atomic E-state index is -3.93. The first-order chi connectivity index (χ1) is 9.95. The molecule has 0 aliphatic carbocycles. The summed E-state index contributed by atoms with van der Waals surface area (Å²) in [5, 5.41) is 11.6. The van der Waals surface area contributed by atoms with Gasteiger partial charge >= 0.3 is 10.1 Å². The van der Waals surface area contributed by atoms with Gasteiger partial charge in [0.25, 0.3) is 0 Å². The largest absolute Gasteiger partial charge is 0.375 e. The molecule has 0 atom stereocenters. The number of aromatic nitrogens is 4.